The molecule has 1 amide bonds. The van der Waals surface area contributed by atoms with Crippen molar-refractivity contribution in [2.45, 2.75) is 32.2 Å². The molecule has 2 atom stereocenters. The molecule has 0 radical (unpaired) electrons. The highest BCUT2D eigenvalue weighted by atomic mass is 16.2. The number of likely N-dealkylation sites (tertiary alicyclic amines) is 1. The van der Waals surface area contributed by atoms with E-state index in [4.69, 9.17) is 0 Å². The third-order valence-electron chi connectivity index (χ3n) is 5.61. The minimum Gasteiger partial charge on any atom is -0.357 e. The Balaban J connectivity index is 1.60. The number of rotatable bonds is 3. The van der Waals surface area contributed by atoms with Gasteiger partial charge in [0.2, 0.25) is 5.91 Å². The molecule has 2 aliphatic heterocycles. The monoisotopic (exact) mass is 311 g/mol. The number of fused-ring (bicyclic) bond motifs is 1. The number of nitrogens with zero attached hydrogens (tertiary/aromatic N) is 1. The zero-order valence-electron chi connectivity index (χ0n) is 13.7. The number of benzene rings is 1. The molecule has 0 saturated carbocycles. The normalized spacial score (nSPS) is 23.7. The van der Waals surface area contributed by atoms with Gasteiger partial charge in [0.1, 0.15) is 0 Å². The Hall–Kier alpha value is -1.81. The number of amides is 1. The molecule has 23 heavy (non-hydrogen) atoms. The number of hydrogen-bond acceptors (Lipinski definition) is 2. The minimum atomic E-state index is 0.126. The standard InChI is InChI=1S/C19H25N3O/c1-13(15-11-20-12-15)19(23)22-9-5-4-8-18(22)17-10-14-6-2-3-7-16(14)21-17/h2-3,6-7,10,13,15,18,20-21H,4-5,8-9,11-12H2,1H3. The third-order valence-corrected chi connectivity index (χ3v) is 5.61. The second-order valence-corrected chi connectivity index (χ2v) is 7.06. The van der Waals surface area contributed by atoms with E-state index in [2.05, 4.69) is 52.5 Å². The van der Waals surface area contributed by atoms with Gasteiger partial charge in [0.15, 0.2) is 0 Å². The molecule has 0 bridgehead atoms. The lowest BCUT2D eigenvalue weighted by Gasteiger charge is -2.40. The molecule has 1 aromatic heterocycles. The molecule has 2 unspecified atom stereocenters. The Morgan fingerprint density at radius 3 is 2.83 bits per heavy atom. The molecule has 0 spiro atoms. The molecule has 1 aromatic carbocycles. The van der Waals surface area contributed by atoms with Gasteiger partial charge < -0.3 is 15.2 Å². The van der Waals surface area contributed by atoms with Crippen LogP contribution in [0.2, 0.25) is 0 Å². The minimum absolute atomic E-state index is 0.126. The number of aromatic nitrogens is 1. The summed E-state index contributed by atoms with van der Waals surface area (Å²) in [4.78, 5) is 18.7. The molecule has 2 aromatic rings. The number of H-pyrrole nitrogens is 1. The molecule has 122 valence electrons. The summed E-state index contributed by atoms with van der Waals surface area (Å²) in [7, 11) is 0. The van der Waals surface area contributed by atoms with Gasteiger partial charge in [-0.3, -0.25) is 4.79 Å². The average molecular weight is 311 g/mol. The predicted molar refractivity (Wildman–Crippen MR) is 92.1 cm³/mol. The fourth-order valence-electron chi connectivity index (χ4n) is 3.92. The molecule has 2 aliphatic rings. The van der Waals surface area contributed by atoms with Crippen molar-refractivity contribution in [3.05, 3.63) is 36.0 Å². The Morgan fingerprint density at radius 2 is 2.09 bits per heavy atom. The second kappa shape index (κ2) is 6.00. The van der Waals surface area contributed by atoms with Crippen LogP contribution in [0.15, 0.2) is 30.3 Å². The van der Waals surface area contributed by atoms with Crippen molar-refractivity contribution in [1.82, 2.24) is 15.2 Å². The number of aromatic amines is 1. The van der Waals surface area contributed by atoms with Crippen molar-refractivity contribution < 1.29 is 4.79 Å². The van der Waals surface area contributed by atoms with Crippen LogP contribution in [0.4, 0.5) is 0 Å². The van der Waals surface area contributed by atoms with Gasteiger partial charge in [-0.2, -0.15) is 0 Å². The lowest BCUT2D eigenvalue weighted by Crippen LogP contribution is -2.51. The number of piperidine rings is 1. The van der Waals surface area contributed by atoms with Gasteiger partial charge in [0.25, 0.3) is 0 Å². The van der Waals surface area contributed by atoms with Crippen LogP contribution in [0.3, 0.4) is 0 Å². The Labute approximate surface area is 137 Å². The SMILES string of the molecule is CC(C(=O)N1CCCCC1c1cc2ccccc2[nH]1)C1CNC1. The van der Waals surface area contributed by atoms with Crippen LogP contribution in [-0.2, 0) is 4.79 Å². The maximum atomic E-state index is 13.0. The van der Waals surface area contributed by atoms with E-state index in [0.717, 1.165) is 38.0 Å². The number of carbonyl (C=O) groups excluding carboxylic acids is 1. The van der Waals surface area contributed by atoms with E-state index in [1.807, 2.05) is 0 Å². The average Bonchev–Trinajstić information content (AvgIpc) is 2.96. The van der Waals surface area contributed by atoms with E-state index in [0.29, 0.717) is 11.8 Å². The highest BCUT2D eigenvalue weighted by Gasteiger charge is 2.36. The number of para-hydroxylation sites is 1. The fourth-order valence-corrected chi connectivity index (χ4v) is 3.92. The molecule has 4 nitrogen and oxygen atoms in total. The molecule has 2 saturated heterocycles. The first kappa shape index (κ1) is 14.8. The van der Waals surface area contributed by atoms with Crippen LogP contribution in [0.25, 0.3) is 10.9 Å². The van der Waals surface area contributed by atoms with Gasteiger partial charge in [0, 0.05) is 23.7 Å². The van der Waals surface area contributed by atoms with Gasteiger partial charge in [-0.1, -0.05) is 25.1 Å². The quantitative estimate of drug-likeness (QED) is 0.915. The molecule has 4 rings (SSSR count). The van der Waals surface area contributed by atoms with Crippen LogP contribution < -0.4 is 5.32 Å². The molecule has 3 heterocycles. The summed E-state index contributed by atoms with van der Waals surface area (Å²) in [6.07, 6.45) is 3.38. The fraction of sp³-hybridized carbons (Fsp3) is 0.526. The predicted octanol–water partition coefficient (Wildman–Crippen LogP) is 3.08. The van der Waals surface area contributed by atoms with E-state index in [9.17, 15) is 4.79 Å². The molecule has 2 N–H and O–H groups in total. The topological polar surface area (TPSA) is 48.1 Å². The van der Waals surface area contributed by atoms with Crippen molar-refractivity contribution in [3.8, 4) is 0 Å². The van der Waals surface area contributed by atoms with Crippen molar-refractivity contribution in [2.75, 3.05) is 19.6 Å². The van der Waals surface area contributed by atoms with Gasteiger partial charge >= 0.3 is 0 Å². The van der Waals surface area contributed by atoms with Crippen molar-refractivity contribution in [1.29, 1.82) is 0 Å². The van der Waals surface area contributed by atoms with Gasteiger partial charge in [-0.25, -0.2) is 0 Å². The van der Waals surface area contributed by atoms with Crippen LogP contribution in [-0.4, -0.2) is 35.4 Å². The van der Waals surface area contributed by atoms with Gasteiger partial charge in [-0.05, 0) is 55.8 Å². The zero-order valence-corrected chi connectivity index (χ0v) is 13.7. The third kappa shape index (κ3) is 2.65. The summed E-state index contributed by atoms with van der Waals surface area (Å²) in [5.74, 6) is 0.967. The van der Waals surface area contributed by atoms with E-state index < -0.39 is 0 Å². The van der Waals surface area contributed by atoms with Crippen molar-refractivity contribution >= 4 is 16.8 Å². The molecular weight excluding hydrogens is 286 g/mol. The first-order valence-corrected chi connectivity index (χ1v) is 8.83. The summed E-state index contributed by atoms with van der Waals surface area (Å²) in [5, 5.41) is 4.52. The summed E-state index contributed by atoms with van der Waals surface area (Å²) in [5.41, 5.74) is 2.36. The summed E-state index contributed by atoms with van der Waals surface area (Å²) >= 11 is 0. The Bertz CT molecular complexity index is 670. The van der Waals surface area contributed by atoms with E-state index in [1.165, 1.54) is 17.5 Å². The van der Waals surface area contributed by atoms with Crippen LogP contribution in [0.5, 0.6) is 0 Å². The molecular formula is C19H25N3O. The highest BCUT2D eigenvalue weighted by molar-refractivity contribution is 5.82. The summed E-state index contributed by atoms with van der Waals surface area (Å²) < 4.78 is 0. The van der Waals surface area contributed by atoms with E-state index >= 15 is 0 Å². The zero-order chi connectivity index (χ0) is 15.8. The van der Waals surface area contributed by atoms with Crippen molar-refractivity contribution in [3.63, 3.8) is 0 Å². The second-order valence-electron chi connectivity index (χ2n) is 7.06. The van der Waals surface area contributed by atoms with Gasteiger partial charge in [-0.15, -0.1) is 0 Å². The maximum Gasteiger partial charge on any atom is 0.226 e. The summed E-state index contributed by atoms with van der Waals surface area (Å²) in [6, 6.07) is 10.8. The van der Waals surface area contributed by atoms with Crippen LogP contribution in [0, 0.1) is 11.8 Å². The Morgan fingerprint density at radius 1 is 1.26 bits per heavy atom. The van der Waals surface area contributed by atoms with Crippen LogP contribution in [0.1, 0.15) is 37.9 Å². The number of hydrogen-bond donors (Lipinski definition) is 2. The number of carbonyl (C=O) groups is 1. The first-order chi connectivity index (χ1) is 11.2. The first-order valence-electron chi connectivity index (χ1n) is 8.83. The lowest BCUT2D eigenvalue weighted by atomic mass is 9.86. The number of nitrogens with one attached hydrogen (secondary N) is 2. The smallest absolute Gasteiger partial charge is 0.226 e. The highest BCUT2D eigenvalue weighted by Crippen LogP contribution is 2.34. The van der Waals surface area contributed by atoms with Crippen molar-refractivity contribution in [2.24, 2.45) is 11.8 Å². The largest absolute Gasteiger partial charge is 0.357 e. The molecule has 0 aliphatic carbocycles. The maximum absolute atomic E-state index is 13.0. The van der Waals surface area contributed by atoms with E-state index in [-0.39, 0.29) is 12.0 Å². The summed E-state index contributed by atoms with van der Waals surface area (Å²) in [6.45, 7) is 4.96. The molecule has 4 heteroatoms. The van der Waals surface area contributed by atoms with E-state index in [1.54, 1.807) is 0 Å². The Kier molecular flexibility index (Phi) is 3.85. The van der Waals surface area contributed by atoms with Gasteiger partial charge in [0.05, 0.1) is 6.04 Å². The van der Waals surface area contributed by atoms with Crippen LogP contribution >= 0.6 is 0 Å². The lowest BCUT2D eigenvalue weighted by molar-refractivity contribution is -0.141. The molecule has 2 fully saturated rings.